The van der Waals surface area contributed by atoms with Crippen LogP contribution in [0.5, 0.6) is 11.5 Å². The van der Waals surface area contributed by atoms with Crippen LogP contribution in [0.3, 0.4) is 0 Å². The summed E-state index contributed by atoms with van der Waals surface area (Å²) in [5.74, 6) is 2.15. The summed E-state index contributed by atoms with van der Waals surface area (Å²) in [6.07, 6.45) is 3.65. The number of aromatic nitrogens is 3. The van der Waals surface area contributed by atoms with Crippen LogP contribution < -0.4 is 14.6 Å². The van der Waals surface area contributed by atoms with Gasteiger partial charge in [0.1, 0.15) is 5.52 Å². The van der Waals surface area contributed by atoms with Crippen molar-refractivity contribution in [1.82, 2.24) is 14.5 Å². The zero-order valence-corrected chi connectivity index (χ0v) is 16.0. The summed E-state index contributed by atoms with van der Waals surface area (Å²) in [5.41, 5.74) is 5.14. The molecule has 0 bridgehead atoms. The molecule has 138 valence electrons. The fourth-order valence-corrected chi connectivity index (χ4v) is 3.62. The van der Waals surface area contributed by atoms with Crippen LogP contribution in [0.2, 0.25) is 0 Å². The van der Waals surface area contributed by atoms with Crippen LogP contribution in [-0.2, 0) is 12.3 Å². The molecule has 2 N–H and O–H groups in total. The van der Waals surface area contributed by atoms with Gasteiger partial charge in [-0.1, -0.05) is 36.2 Å². The molecule has 0 aliphatic carbocycles. The Bertz CT molecular complexity index is 1090. The van der Waals surface area contributed by atoms with Gasteiger partial charge in [-0.25, -0.2) is 4.98 Å². The molecular formula is C20H20N4O2S. The Hall–Kier alpha value is -2.77. The number of hydrogen-bond donors (Lipinski definition) is 1. The molecule has 27 heavy (non-hydrogen) atoms. The van der Waals surface area contributed by atoms with E-state index in [1.807, 2.05) is 18.5 Å². The van der Waals surface area contributed by atoms with Crippen molar-refractivity contribution < 1.29 is 9.47 Å². The van der Waals surface area contributed by atoms with E-state index in [1.54, 1.807) is 20.4 Å². The van der Waals surface area contributed by atoms with E-state index in [0.29, 0.717) is 11.5 Å². The van der Waals surface area contributed by atoms with E-state index in [9.17, 15) is 0 Å². The summed E-state index contributed by atoms with van der Waals surface area (Å²) in [4.78, 5) is 9.04. The fourth-order valence-electron chi connectivity index (χ4n) is 3.23. The van der Waals surface area contributed by atoms with E-state index < -0.39 is 0 Å². The van der Waals surface area contributed by atoms with Crippen molar-refractivity contribution in [1.29, 1.82) is 0 Å². The number of nitrogens with zero attached hydrogens (tertiary/aromatic N) is 3. The van der Waals surface area contributed by atoms with E-state index in [2.05, 4.69) is 38.8 Å². The molecule has 2 aromatic heterocycles. The van der Waals surface area contributed by atoms with E-state index in [-0.39, 0.29) is 0 Å². The van der Waals surface area contributed by atoms with Crippen molar-refractivity contribution in [2.24, 2.45) is 5.14 Å². The van der Waals surface area contributed by atoms with Crippen LogP contribution >= 0.6 is 11.9 Å². The Morgan fingerprint density at radius 1 is 0.963 bits per heavy atom. The van der Waals surface area contributed by atoms with Gasteiger partial charge in [0, 0.05) is 23.8 Å². The van der Waals surface area contributed by atoms with Gasteiger partial charge in [0.2, 0.25) is 0 Å². The maximum Gasteiger partial charge on any atom is 0.162 e. The molecule has 4 rings (SSSR count). The summed E-state index contributed by atoms with van der Waals surface area (Å²) < 4.78 is 13.0. The minimum atomic E-state index is 0.663. The third kappa shape index (κ3) is 3.31. The van der Waals surface area contributed by atoms with Crippen molar-refractivity contribution in [3.8, 4) is 11.5 Å². The monoisotopic (exact) mass is 380 g/mol. The normalized spacial score (nSPS) is 11.2. The lowest BCUT2D eigenvalue weighted by Gasteiger charge is -2.11. The molecule has 4 aromatic rings. The first-order valence-electron chi connectivity index (χ1n) is 8.48. The Morgan fingerprint density at radius 3 is 2.37 bits per heavy atom. The highest BCUT2D eigenvalue weighted by atomic mass is 32.2. The molecule has 6 nitrogen and oxygen atoms in total. The molecule has 0 aliphatic rings. The van der Waals surface area contributed by atoms with Gasteiger partial charge in [0.05, 0.1) is 37.8 Å². The lowest BCUT2D eigenvalue weighted by atomic mass is 10.1. The maximum absolute atomic E-state index is 5.55. The van der Waals surface area contributed by atoms with Crippen LogP contribution in [-0.4, -0.2) is 28.8 Å². The number of pyridine rings is 1. The van der Waals surface area contributed by atoms with Gasteiger partial charge in [0.15, 0.2) is 11.5 Å². The highest BCUT2D eigenvalue weighted by molar-refractivity contribution is 7.96. The summed E-state index contributed by atoms with van der Waals surface area (Å²) in [6.45, 7) is 0.722. The second-order valence-electron chi connectivity index (χ2n) is 6.22. The topological polar surface area (TPSA) is 75.2 Å². The van der Waals surface area contributed by atoms with E-state index in [1.165, 1.54) is 23.1 Å². The third-order valence-electron chi connectivity index (χ3n) is 4.57. The smallest absolute Gasteiger partial charge is 0.162 e. The molecule has 2 heterocycles. The average Bonchev–Trinajstić information content (AvgIpc) is 3.11. The van der Waals surface area contributed by atoms with Crippen LogP contribution in [0.4, 0.5) is 0 Å². The number of imidazole rings is 1. The predicted molar refractivity (Wildman–Crippen MR) is 109 cm³/mol. The van der Waals surface area contributed by atoms with Crippen molar-refractivity contribution in [2.45, 2.75) is 12.3 Å². The number of nitrogens with two attached hydrogens (primary N) is 1. The average molecular weight is 380 g/mol. The Labute approximate surface area is 161 Å². The highest BCUT2D eigenvalue weighted by Crippen LogP contribution is 2.34. The SMILES string of the molecule is COc1cc2ncc3ncn(Cc4ccc(CSN)cc4)c3c2cc1OC. The minimum Gasteiger partial charge on any atom is -0.493 e. The molecule has 0 radical (unpaired) electrons. The van der Waals surface area contributed by atoms with Crippen LogP contribution in [0.1, 0.15) is 11.1 Å². The lowest BCUT2D eigenvalue weighted by Crippen LogP contribution is -1.99. The standard InChI is InChI=1S/C20H20N4O2S/c1-25-18-7-15-16(8-19(18)26-2)22-9-17-20(15)24(12-23-17)10-13-3-5-14(6-4-13)11-27-21/h3-9,12H,10-11,21H2,1-2H3. The molecular weight excluding hydrogens is 360 g/mol. The van der Waals surface area contributed by atoms with Gasteiger partial charge in [0.25, 0.3) is 0 Å². The number of benzene rings is 2. The number of methoxy groups -OCH3 is 2. The Kier molecular flexibility index (Phi) is 4.87. The molecule has 0 atom stereocenters. The molecule has 0 saturated heterocycles. The molecule has 0 aliphatic heterocycles. The first kappa shape index (κ1) is 17.6. The van der Waals surface area contributed by atoms with E-state index >= 15 is 0 Å². The minimum absolute atomic E-state index is 0.663. The number of hydrogen-bond acceptors (Lipinski definition) is 6. The zero-order chi connectivity index (χ0) is 18.8. The quantitative estimate of drug-likeness (QED) is 0.514. The fraction of sp³-hybridized carbons (Fsp3) is 0.200. The molecule has 7 heteroatoms. The zero-order valence-electron chi connectivity index (χ0n) is 15.2. The van der Waals surface area contributed by atoms with Gasteiger partial charge in [-0.05, 0) is 17.2 Å². The first-order chi connectivity index (χ1) is 13.2. The molecule has 0 amide bonds. The molecule has 0 spiro atoms. The third-order valence-corrected chi connectivity index (χ3v) is 5.07. The van der Waals surface area contributed by atoms with E-state index in [0.717, 1.165) is 34.2 Å². The van der Waals surface area contributed by atoms with Crippen LogP contribution in [0, 0.1) is 0 Å². The Morgan fingerprint density at radius 2 is 1.67 bits per heavy atom. The van der Waals surface area contributed by atoms with Crippen molar-refractivity contribution in [3.05, 3.63) is 60.0 Å². The van der Waals surface area contributed by atoms with Gasteiger partial charge in [-0.15, -0.1) is 0 Å². The summed E-state index contributed by atoms with van der Waals surface area (Å²) in [7, 11) is 3.26. The van der Waals surface area contributed by atoms with Crippen molar-refractivity contribution >= 4 is 33.9 Å². The molecule has 0 saturated carbocycles. The van der Waals surface area contributed by atoms with Crippen LogP contribution in [0.25, 0.3) is 21.9 Å². The highest BCUT2D eigenvalue weighted by Gasteiger charge is 2.13. The second kappa shape index (κ2) is 7.46. The lowest BCUT2D eigenvalue weighted by molar-refractivity contribution is 0.356. The van der Waals surface area contributed by atoms with Gasteiger partial charge < -0.3 is 14.0 Å². The maximum atomic E-state index is 5.55. The van der Waals surface area contributed by atoms with Gasteiger partial charge in [-0.2, -0.15) is 0 Å². The van der Waals surface area contributed by atoms with Gasteiger partial charge in [-0.3, -0.25) is 10.1 Å². The summed E-state index contributed by atoms with van der Waals surface area (Å²) in [6, 6.07) is 12.3. The summed E-state index contributed by atoms with van der Waals surface area (Å²) in [5, 5.41) is 6.53. The van der Waals surface area contributed by atoms with Crippen LogP contribution in [0.15, 0.2) is 48.9 Å². The second-order valence-corrected chi connectivity index (χ2v) is 6.84. The number of ether oxygens (including phenoxy) is 2. The van der Waals surface area contributed by atoms with E-state index in [4.69, 9.17) is 14.6 Å². The summed E-state index contributed by atoms with van der Waals surface area (Å²) >= 11 is 1.33. The Balaban J connectivity index is 1.80. The largest absolute Gasteiger partial charge is 0.493 e. The molecule has 0 fully saturated rings. The number of fused-ring (bicyclic) bond motifs is 3. The first-order valence-corrected chi connectivity index (χ1v) is 9.53. The number of rotatable bonds is 6. The predicted octanol–water partition coefficient (Wildman–Crippen LogP) is 3.76. The molecule has 2 aromatic carbocycles. The van der Waals surface area contributed by atoms with Crippen molar-refractivity contribution in [3.63, 3.8) is 0 Å². The molecule has 0 unspecified atom stereocenters. The van der Waals surface area contributed by atoms with Crippen molar-refractivity contribution in [2.75, 3.05) is 14.2 Å². The van der Waals surface area contributed by atoms with Gasteiger partial charge >= 0.3 is 0 Å².